The van der Waals surface area contributed by atoms with Gasteiger partial charge in [-0.25, -0.2) is 0 Å². The number of rotatable bonds is 5. The minimum Gasteiger partial charge on any atom is -0.397 e. The monoisotopic (exact) mass is 400 g/mol. The van der Waals surface area contributed by atoms with Gasteiger partial charge in [0.05, 0.1) is 0 Å². The predicted molar refractivity (Wildman–Crippen MR) is 110 cm³/mol. The Labute approximate surface area is 164 Å². The minimum absolute atomic E-state index is 0.0910. The van der Waals surface area contributed by atoms with Crippen LogP contribution in [0.3, 0.4) is 0 Å². The van der Waals surface area contributed by atoms with E-state index in [2.05, 4.69) is 0 Å². The van der Waals surface area contributed by atoms with Gasteiger partial charge in [-0.05, 0) is 41.9 Å². The molecule has 28 heavy (non-hydrogen) atoms. The first-order chi connectivity index (χ1) is 13.1. The molecule has 1 unspecified atom stereocenters. The van der Waals surface area contributed by atoms with Gasteiger partial charge < -0.3 is 4.43 Å². The number of halogens is 3. The van der Waals surface area contributed by atoms with Crippen LogP contribution in [-0.2, 0) is 10.0 Å². The van der Waals surface area contributed by atoms with Crippen molar-refractivity contribution in [3.63, 3.8) is 0 Å². The normalized spacial score (nSPS) is 14.5. The largest absolute Gasteiger partial charge is 0.425 e. The van der Waals surface area contributed by atoms with Gasteiger partial charge in [-0.15, -0.1) is 0 Å². The lowest BCUT2D eigenvalue weighted by Gasteiger charge is -2.41. The Morgan fingerprint density at radius 1 is 0.607 bits per heavy atom. The Morgan fingerprint density at radius 2 is 1.04 bits per heavy atom. The van der Waals surface area contributed by atoms with Crippen molar-refractivity contribution in [2.75, 3.05) is 0 Å². The summed E-state index contributed by atoms with van der Waals surface area (Å²) in [6.45, 7) is 5.32. The van der Waals surface area contributed by atoms with Gasteiger partial charge >= 0.3 is 6.18 Å². The van der Waals surface area contributed by atoms with Gasteiger partial charge in [-0.2, -0.15) is 13.2 Å². The van der Waals surface area contributed by atoms with Crippen LogP contribution in [0, 0.1) is 0 Å². The average molecular weight is 401 g/mol. The van der Waals surface area contributed by atoms with Gasteiger partial charge in [0.2, 0.25) is 5.60 Å². The van der Waals surface area contributed by atoms with E-state index >= 15 is 0 Å². The topological polar surface area (TPSA) is 9.23 Å². The first kappa shape index (κ1) is 20.4. The van der Waals surface area contributed by atoms with Crippen LogP contribution >= 0.6 is 0 Å². The number of hydrogen-bond acceptors (Lipinski definition) is 1. The van der Waals surface area contributed by atoms with Crippen LogP contribution in [0.4, 0.5) is 13.2 Å². The highest BCUT2D eigenvalue weighted by Crippen LogP contribution is 2.49. The molecule has 0 aliphatic heterocycles. The van der Waals surface area contributed by atoms with E-state index in [1.165, 1.54) is 24.3 Å². The lowest BCUT2D eigenvalue weighted by molar-refractivity contribution is -0.240. The fraction of sp³-hybridized carbons (Fsp3) is 0.217. The molecule has 3 aromatic carbocycles. The van der Waals surface area contributed by atoms with Crippen LogP contribution in [-0.4, -0.2) is 14.5 Å². The molecule has 0 spiro atoms. The summed E-state index contributed by atoms with van der Waals surface area (Å²) in [5.74, 6) is 0. The smallest absolute Gasteiger partial charge is 0.397 e. The lowest BCUT2D eigenvalue weighted by Crippen LogP contribution is -2.51. The Morgan fingerprint density at radius 3 is 1.50 bits per heavy atom. The van der Waals surface area contributed by atoms with Crippen molar-refractivity contribution >= 4 is 8.32 Å². The van der Waals surface area contributed by atoms with Crippen molar-refractivity contribution < 1.29 is 17.6 Å². The molecule has 0 aromatic heterocycles. The van der Waals surface area contributed by atoms with Gasteiger partial charge in [0.25, 0.3) is 0 Å². The number of hydrogen-bond donors (Lipinski definition) is 0. The van der Waals surface area contributed by atoms with Gasteiger partial charge in [-0.3, -0.25) is 0 Å². The highest BCUT2D eigenvalue weighted by Gasteiger charge is 2.60. The van der Waals surface area contributed by atoms with E-state index in [1.54, 1.807) is 50.0 Å². The SMILES string of the molecule is C[Si](C)(C)OC(c1ccccc1)(c1ccc(-c2ccccc2)cc1)C(F)(F)F. The van der Waals surface area contributed by atoms with Crippen LogP contribution < -0.4 is 0 Å². The van der Waals surface area contributed by atoms with Crippen molar-refractivity contribution in [1.82, 2.24) is 0 Å². The molecule has 0 bridgehead atoms. The molecule has 1 nitrogen and oxygen atoms in total. The molecule has 0 amide bonds. The van der Waals surface area contributed by atoms with Crippen LogP contribution in [0.2, 0.25) is 19.6 Å². The van der Waals surface area contributed by atoms with Gasteiger partial charge in [0.15, 0.2) is 8.32 Å². The zero-order valence-electron chi connectivity index (χ0n) is 16.1. The predicted octanol–water partition coefficient (Wildman–Crippen LogP) is 7.01. The number of benzene rings is 3. The summed E-state index contributed by atoms with van der Waals surface area (Å²) in [6.07, 6.45) is -4.61. The molecule has 3 aromatic rings. The third-order valence-electron chi connectivity index (χ3n) is 4.44. The summed E-state index contributed by atoms with van der Waals surface area (Å²) >= 11 is 0. The quantitative estimate of drug-likeness (QED) is 0.419. The Bertz CT molecular complexity index is 901. The van der Waals surface area contributed by atoms with Crippen LogP contribution in [0.15, 0.2) is 84.9 Å². The molecule has 0 aliphatic carbocycles. The van der Waals surface area contributed by atoms with Gasteiger partial charge in [0, 0.05) is 0 Å². The first-order valence-corrected chi connectivity index (χ1v) is 12.5. The Balaban J connectivity index is 2.19. The van der Waals surface area contributed by atoms with Crippen molar-refractivity contribution in [3.8, 4) is 11.1 Å². The Kier molecular flexibility index (Phi) is 5.50. The van der Waals surface area contributed by atoms with Gasteiger partial charge in [-0.1, -0.05) is 84.9 Å². The van der Waals surface area contributed by atoms with E-state index in [4.69, 9.17) is 4.43 Å². The van der Waals surface area contributed by atoms with E-state index in [9.17, 15) is 13.2 Å². The maximum absolute atomic E-state index is 14.6. The summed E-state index contributed by atoms with van der Waals surface area (Å²) in [5.41, 5.74) is -0.488. The zero-order chi connectivity index (χ0) is 20.4. The molecule has 0 N–H and O–H groups in total. The van der Waals surface area contributed by atoms with Crippen LogP contribution in [0.25, 0.3) is 11.1 Å². The second kappa shape index (κ2) is 7.57. The molecule has 0 heterocycles. The van der Waals surface area contributed by atoms with E-state index in [0.29, 0.717) is 0 Å². The molecule has 5 heteroatoms. The zero-order valence-corrected chi connectivity index (χ0v) is 17.1. The molecule has 146 valence electrons. The second-order valence-corrected chi connectivity index (χ2v) is 12.1. The summed E-state index contributed by atoms with van der Waals surface area (Å²) in [7, 11) is -2.57. The molecule has 0 radical (unpaired) electrons. The summed E-state index contributed by atoms with van der Waals surface area (Å²) < 4.78 is 49.7. The summed E-state index contributed by atoms with van der Waals surface area (Å²) in [5, 5.41) is 0. The third-order valence-corrected chi connectivity index (χ3v) is 5.36. The molecule has 0 aliphatic rings. The van der Waals surface area contributed by atoms with Crippen molar-refractivity contribution in [3.05, 3.63) is 96.1 Å². The molecule has 3 rings (SSSR count). The van der Waals surface area contributed by atoms with Crippen LogP contribution in [0.5, 0.6) is 0 Å². The lowest BCUT2D eigenvalue weighted by atomic mass is 9.85. The first-order valence-electron chi connectivity index (χ1n) is 9.12. The van der Waals surface area contributed by atoms with Crippen LogP contribution in [0.1, 0.15) is 11.1 Å². The molecule has 0 saturated carbocycles. The van der Waals surface area contributed by atoms with Crippen molar-refractivity contribution in [2.45, 2.75) is 31.4 Å². The average Bonchev–Trinajstić information content (AvgIpc) is 2.66. The van der Waals surface area contributed by atoms with E-state index in [-0.39, 0.29) is 11.1 Å². The fourth-order valence-corrected chi connectivity index (χ4v) is 4.60. The van der Waals surface area contributed by atoms with Gasteiger partial charge in [0.1, 0.15) is 0 Å². The molecular weight excluding hydrogens is 377 g/mol. The van der Waals surface area contributed by atoms with E-state index in [0.717, 1.165) is 11.1 Å². The maximum Gasteiger partial charge on any atom is 0.425 e. The minimum atomic E-state index is -4.61. The van der Waals surface area contributed by atoms with E-state index < -0.39 is 20.1 Å². The molecule has 1 atom stereocenters. The highest BCUT2D eigenvalue weighted by atomic mass is 28.4. The number of alkyl halides is 3. The molecular formula is C23H23F3OSi. The standard InChI is InChI=1S/C23H23F3OSi/c1-28(2,3)27-22(23(24,25)26,20-12-8-5-9-13-20)21-16-14-19(15-17-21)18-10-6-4-7-11-18/h4-17H,1-3H3. The molecule has 0 fully saturated rings. The highest BCUT2D eigenvalue weighted by molar-refractivity contribution is 6.69. The maximum atomic E-state index is 14.6. The third kappa shape index (κ3) is 4.05. The summed E-state index contributed by atoms with van der Waals surface area (Å²) in [6, 6.07) is 24.0. The van der Waals surface area contributed by atoms with Crippen molar-refractivity contribution in [1.29, 1.82) is 0 Å². The fourth-order valence-electron chi connectivity index (χ4n) is 3.33. The Hall–Kier alpha value is -2.37. The second-order valence-electron chi connectivity index (χ2n) is 7.70. The van der Waals surface area contributed by atoms with Crippen molar-refractivity contribution in [2.24, 2.45) is 0 Å². The van der Waals surface area contributed by atoms with E-state index in [1.807, 2.05) is 30.3 Å². The molecule has 0 saturated heterocycles. The summed E-state index contributed by atoms with van der Waals surface area (Å²) in [4.78, 5) is 0.